The first-order valence-electron chi connectivity index (χ1n) is 16.3. The van der Waals surface area contributed by atoms with Crippen molar-refractivity contribution in [2.24, 2.45) is 10.7 Å². The Kier molecular flexibility index (Phi) is 11.3. The molecule has 272 valence electrons. The van der Waals surface area contributed by atoms with E-state index < -0.39 is 22.9 Å². The standard InChI is InChI=1S/C25H29ClF3N7O3.C9H14FN/c1-35(2)23(37)18(31)9-14-11-36(6-4-5-32-14)22-16-12-39-20(10-19(16)33-24(34-22)38-3)15-7-13(30)8-17(26)21(15)25(27,28)29;1-9-3-2-4-11(9)7-8(5-9)6-10/h7-9,20H,4-6,10-12,30-31H2,1-3H3;6H,2-5,7H2,1H3/b18-9-;8-6-. The van der Waals surface area contributed by atoms with Crippen molar-refractivity contribution in [1.29, 1.82) is 0 Å². The molecule has 0 aliphatic carbocycles. The molecule has 2 saturated heterocycles. The molecule has 50 heavy (non-hydrogen) atoms. The second-order valence-corrected chi connectivity index (χ2v) is 13.7. The van der Waals surface area contributed by atoms with Gasteiger partial charge in [-0.15, -0.1) is 0 Å². The summed E-state index contributed by atoms with van der Waals surface area (Å²) in [7, 11) is 4.62. The van der Waals surface area contributed by atoms with Crippen LogP contribution in [-0.2, 0) is 28.7 Å². The number of likely N-dealkylation sites (N-methyl/N-ethyl adjacent to an activating group) is 1. The third kappa shape index (κ3) is 8.16. The van der Waals surface area contributed by atoms with Crippen molar-refractivity contribution < 1.29 is 31.8 Å². The summed E-state index contributed by atoms with van der Waals surface area (Å²) in [5, 5.41) is -0.496. The summed E-state index contributed by atoms with van der Waals surface area (Å²) in [5.74, 6) is 0.173. The highest BCUT2D eigenvalue weighted by Gasteiger charge is 2.42. The molecule has 2 atom stereocenters. The van der Waals surface area contributed by atoms with E-state index in [4.69, 9.17) is 32.5 Å². The number of halogens is 5. The molecule has 6 rings (SSSR count). The molecule has 0 bridgehead atoms. The van der Waals surface area contributed by atoms with Gasteiger partial charge < -0.3 is 30.7 Å². The number of aliphatic imine (C=N–C) groups is 1. The van der Waals surface area contributed by atoms with Crippen LogP contribution in [0.5, 0.6) is 6.01 Å². The quantitative estimate of drug-likeness (QED) is 0.242. The van der Waals surface area contributed by atoms with Gasteiger partial charge in [0.2, 0.25) is 0 Å². The number of ether oxygens (including phenoxy) is 2. The summed E-state index contributed by atoms with van der Waals surface area (Å²) < 4.78 is 65.1. The molecule has 4 aliphatic rings. The Morgan fingerprint density at radius 3 is 2.62 bits per heavy atom. The van der Waals surface area contributed by atoms with Crippen LogP contribution in [0.1, 0.15) is 61.1 Å². The number of hydrogen-bond donors (Lipinski definition) is 2. The molecule has 1 aromatic heterocycles. The number of nitrogens with zero attached hydrogens (tertiary/aromatic N) is 6. The zero-order valence-electron chi connectivity index (χ0n) is 28.6. The number of hydrogen-bond acceptors (Lipinski definition) is 10. The maximum Gasteiger partial charge on any atom is 0.418 e. The summed E-state index contributed by atoms with van der Waals surface area (Å²) in [6.07, 6.45) is 0.823. The van der Waals surface area contributed by atoms with E-state index in [-0.39, 0.29) is 41.9 Å². The number of amides is 1. The van der Waals surface area contributed by atoms with Gasteiger partial charge in [0.15, 0.2) is 0 Å². The Labute approximate surface area is 293 Å². The highest BCUT2D eigenvalue weighted by Crippen LogP contribution is 2.45. The first-order chi connectivity index (χ1) is 23.6. The van der Waals surface area contributed by atoms with E-state index >= 15 is 0 Å². The highest BCUT2D eigenvalue weighted by atomic mass is 35.5. The fourth-order valence-corrected chi connectivity index (χ4v) is 7.32. The number of nitrogens with two attached hydrogens (primary N) is 2. The van der Waals surface area contributed by atoms with Crippen LogP contribution in [-0.4, -0.2) is 90.9 Å². The zero-order valence-corrected chi connectivity index (χ0v) is 29.4. The van der Waals surface area contributed by atoms with Gasteiger partial charge in [-0.25, -0.2) is 4.39 Å². The van der Waals surface area contributed by atoms with Gasteiger partial charge in [0, 0.05) is 56.9 Å². The third-order valence-electron chi connectivity index (χ3n) is 9.41. The number of carbonyl (C=O) groups is 1. The van der Waals surface area contributed by atoms with Crippen molar-refractivity contribution in [3.63, 3.8) is 0 Å². The maximum atomic E-state index is 13.9. The molecular weight excluding hydrogens is 680 g/mol. The van der Waals surface area contributed by atoms with Crippen molar-refractivity contribution in [2.45, 2.75) is 63.5 Å². The Bertz CT molecular complexity index is 1700. The van der Waals surface area contributed by atoms with Crippen LogP contribution in [0.25, 0.3) is 0 Å². The lowest BCUT2D eigenvalue weighted by Crippen LogP contribution is -2.34. The van der Waals surface area contributed by atoms with Crippen LogP contribution in [0.4, 0.5) is 29.1 Å². The maximum absolute atomic E-state index is 13.9. The molecule has 0 radical (unpaired) electrons. The van der Waals surface area contributed by atoms with E-state index in [1.165, 1.54) is 30.9 Å². The smallest absolute Gasteiger partial charge is 0.418 e. The molecule has 0 spiro atoms. The highest BCUT2D eigenvalue weighted by molar-refractivity contribution is 6.31. The van der Waals surface area contributed by atoms with Gasteiger partial charge in [-0.1, -0.05) is 11.6 Å². The van der Waals surface area contributed by atoms with E-state index in [1.807, 2.05) is 4.90 Å². The number of fused-ring (bicyclic) bond motifs is 2. The fraction of sp³-hybridized carbons (Fsp3) is 0.529. The van der Waals surface area contributed by atoms with Gasteiger partial charge in [-0.2, -0.15) is 23.1 Å². The van der Waals surface area contributed by atoms with E-state index in [0.29, 0.717) is 54.4 Å². The van der Waals surface area contributed by atoms with E-state index in [0.717, 1.165) is 37.5 Å². The average Bonchev–Trinajstić information content (AvgIpc) is 3.47. The van der Waals surface area contributed by atoms with E-state index in [9.17, 15) is 22.4 Å². The molecule has 11 nitrogen and oxygen atoms in total. The molecule has 2 fully saturated rings. The molecule has 1 amide bonds. The van der Waals surface area contributed by atoms with Crippen LogP contribution >= 0.6 is 11.6 Å². The van der Waals surface area contributed by atoms with Crippen LogP contribution in [0.2, 0.25) is 5.02 Å². The first kappa shape index (κ1) is 37.3. The van der Waals surface area contributed by atoms with Crippen molar-refractivity contribution in [2.75, 3.05) is 64.6 Å². The van der Waals surface area contributed by atoms with Gasteiger partial charge in [0.1, 0.15) is 5.82 Å². The predicted molar refractivity (Wildman–Crippen MR) is 184 cm³/mol. The van der Waals surface area contributed by atoms with Crippen LogP contribution < -0.4 is 21.1 Å². The number of rotatable bonds is 5. The second-order valence-electron chi connectivity index (χ2n) is 13.3. The Hall–Kier alpha value is -3.95. The molecule has 1 aromatic carbocycles. The zero-order chi connectivity index (χ0) is 36.4. The Morgan fingerprint density at radius 2 is 1.96 bits per heavy atom. The Morgan fingerprint density at radius 1 is 1.20 bits per heavy atom. The lowest BCUT2D eigenvalue weighted by atomic mass is 9.94. The molecule has 16 heteroatoms. The average molecular weight is 723 g/mol. The molecule has 5 heterocycles. The van der Waals surface area contributed by atoms with Gasteiger partial charge in [-0.3, -0.25) is 14.7 Å². The molecule has 4 N–H and O–H groups in total. The predicted octanol–water partition coefficient (Wildman–Crippen LogP) is 5.23. The molecule has 2 aromatic rings. The number of nitrogen functional groups attached to an aromatic ring is 1. The minimum Gasteiger partial charge on any atom is -0.467 e. The molecule has 0 saturated carbocycles. The number of anilines is 2. The minimum atomic E-state index is -4.70. The van der Waals surface area contributed by atoms with Gasteiger partial charge in [0.25, 0.3) is 5.91 Å². The van der Waals surface area contributed by atoms with Gasteiger partial charge in [-0.05, 0) is 68.5 Å². The monoisotopic (exact) mass is 722 g/mol. The molecule has 4 aliphatic heterocycles. The largest absolute Gasteiger partial charge is 0.467 e. The summed E-state index contributed by atoms with van der Waals surface area (Å²) >= 11 is 5.96. The van der Waals surface area contributed by atoms with Crippen molar-refractivity contribution in [3.05, 3.63) is 63.2 Å². The summed E-state index contributed by atoms with van der Waals surface area (Å²) in [5.41, 5.74) is 13.8. The fourth-order valence-electron chi connectivity index (χ4n) is 6.98. The summed E-state index contributed by atoms with van der Waals surface area (Å²) in [6.45, 7) is 5.60. The van der Waals surface area contributed by atoms with Crippen molar-refractivity contribution >= 4 is 34.7 Å². The second kappa shape index (κ2) is 15.1. The number of alkyl halides is 3. The van der Waals surface area contributed by atoms with Crippen molar-refractivity contribution in [1.82, 2.24) is 19.8 Å². The normalized spacial score (nSPS) is 23.4. The topological polar surface area (TPSA) is 135 Å². The number of benzene rings is 1. The summed E-state index contributed by atoms with van der Waals surface area (Å²) in [6, 6.07) is 2.36. The van der Waals surface area contributed by atoms with Crippen LogP contribution in [0, 0.1) is 0 Å². The van der Waals surface area contributed by atoms with Gasteiger partial charge in [0.05, 0.1) is 60.4 Å². The third-order valence-corrected chi connectivity index (χ3v) is 9.70. The van der Waals surface area contributed by atoms with Gasteiger partial charge >= 0.3 is 12.2 Å². The first-order valence-corrected chi connectivity index (χ1v) is 16.7. The Balaban J connectivity index is 0.000000371. The number of carbonyl (C=O) groups excluding carboxylic acids is 1. The van der Waals surface area contributed by atoms with E-state index in [2.05, 4.69) is 26.8 Å². The lowest BCUT2D eigenvalue weighted by Gasteiger charge is -2.31. The van der Waals surface area contributed by atoms with Crippen LogP contribution in [0.3, 0.4) is 0 Å². The van der Waals surface area contributed by atoms with Crippen molar-refractivity contribution in [3.8, 4) is 6.01 Å². The molecule has 2 unspecified atom stereocenters. The lowest BCUT2D eigenvalue weighted by molar-refractivity contribution is -0.139. The van der Waals surface area contributed by atoms with E-state index in [1.54, 1.807) is 20.2 Å². The number of aromatic nitrogens is 2. The van der Waals surface area contributed by atoms with Crippen LogP contribution in [0.15, 0.2) is 40.8 Å². The SMILES string of the molecule is CC12CCCN1C/C(=C\F)C2.COc1nc2c(c(N3CCCN=C(/C=C(\N)C(=O)N(C)C)C3)n1)COC(c1cc(N)cc(Cl)c1C(F)(F)F)C2. The summed E-state index contributed by atoms with van der Waals surface area (Å²) in [4.78, 5) is 31.5. The minimum absolute atomic E-state index is 0.0169. The molecular formula is C34H43ClF4N8O3. The number of methoxy groups -OCH3 is 1.